The number of hydrogen-bond acceptors (Lipinski definition) is 3. The molecule has 3 aromatic rings. The predicted octanol–water partition coefficient (Wildman–Crippen LogP) is 5.32. The molecule has 0 aliphatic heterocycles. The number of carbonyl (C=O) groups excluding carboxylic acids is 1. The Bertz CT molecular complexity index is 1150. The predicted molar refractivity (Wildman–Crippen MR) is 117 cm³/mol. The minimum atomic E-state index is -3.78. The first-order valence-electron chi connectivity index (χ1n) is 8.94. The molecule has 29 heavy (non-hydrogen) atoms. The summed E-state index contributed by atoms with van der Waals surface area (Å²) < 4.78 is 27.6. The van der Waals surface area contributed by atoms with E-state index in [9.17, 15) is 13.2 Å². The van der Waals surface area contributed by atoms with Gasteiger partial charge in [-0.2, -0.15) is 0 Å². The third-order valence-corrected chi connectivity index (χ3v) is 6.22. The van der Waals surface area contributed by atoms with Crippen LogP contribution in [0.5, 0.6) is 0 Å². The summed E-state index contributed by atoms with van der Waals surface area (Å²) in [5, 5.41) is 3.02. The lowest BCUT2D eigenvalue weighted by atomic mass is 10.1. The van der Waals surface area contributed by atoms with Crippen molar-refractivity contribution in [2.24, 2.45) is 0 Å². The first kappa shape index (κ1) is 20.9. The molecule has 0 bridgehead atoms. The summed E-state index contributed by atoms with van der Waals surface area (Å²) in [5.74, 6) is -0.322. The fourth-order valence-corrected chi connectivity index (χ4v) is 4.22. The number of halogens is 1. The zero-order chi connectivity index (χ0) is 21.2. The molecule has 0 atom stereocenters. The van der Waals surface area contributed by atoms with Crippen molar-refractivity contribution < 1.29 is 13.2 Å². The van der Waals surface area contributed by atoms with Crippen molar-refractivity contribution in [2.75, 3.05) is 10.0 Å². The first-order chi connectivity index (χ1) is 13.7. The van der Waals surface area contributed by atoms with Crippen LogP contribution >= 0.6 is 11.6 Å². The maximum atomic E-state index is 12.6. The van der Waals surface area contributed by atoms with Crippen LogP contribution < -0.4 is 10.0 Å². The number of hydrogen-bond donors (Lipinski definition) is 2. The number of para-hydroxylation sites is 1. The summed E-state index contributed by atoms with van der Waals surface area (Å²) in [6.45, 7) is 5.71. The number of rotatable bonds is 5. The topological polar surface area (TPSA) is 75.3 Å². The van der Waals surface area contributed by atoms with E-state index in [0.29, 0.717) is 5.56 Å². The minimum absolute atomic E-state index is 0.134. The van der Waals surface area contributed by atoms with Crippen LogP contribution in [0.1, 0.15) is 27.0 Å². The standard InChI is InChI=1S/C22H21ClN2O3S/c1-14-7-10-18(11-8-14)29(27,28)25-20-12-9-17(13-19(20)23)22(26)24-21-15(2)5-4-6-16(21)3/h4-13,25H,1-3H3,(H,24,26). The molecule has 7 heteroatoms. The smallest absolute Gasteiger partial charge is 0.261 e. The molecule has 150 valence electrons. The normalized spacial score (nSPS) is 11.2. The molecule has 0 spiro atoms. The molecule has 1 amide bonds. The van der Waals surface area contributed by atoms with Crippen LogP contribution in [0, 0.1) is 20.8 Å². The Morgan fingerprint density at radius 1 is 0.897 bits per heavy atom. The second-order valence-corrected chi connectivity index (χ2v) is 8.92. The highest BCUT2D eigenvalue weighted by atomic mass is 35.5. The van der Waals surface area contributed by atoms with Crippen molar-refractivity contribution >= 4 is 38.9 Å². The molecule has 2 N–H and O–H groups in total. The second kappa shape index (κ2) is 8.27. The molecular formula is C22H21ClN2O3S. The van der Waals surface area contributed by atoms with E-state index in [1.807, 2.05) is 39.0 Å². The number of nitrogens with one attached hydrogen (secondary N) is 2. The average Bonchev–Trinajstić information content (AvgIpc) is 2.66. The lowest BCUT2D eigenvalue weighted by Gasteiger charge is -2.13. The van der Waals surface area contributed by atoms with Gasteiger partial charge >= 0.3 is 0 Å². The lowest BCUT2D eigenvalue weighted by Crippen LogP contribution is -2.15. The minimum Gasteiger partial charge on any atom is -0.322 e. The van der Waals surface area contributed by atoms with Gasteiger partial charge in [0.2, 0.25) is 0 Å². The number of carbonyl (C=O) groups is 1. The van der Waals surface area contributed by atoms with Crippen molar-refractivity contribution in [3.63, 3.8) is 0 Å². The van der Waals surface area contributed by atoms with Gasteiger partial charge in [-0.1, -0.05) is 47.5 Å². The van der Waals surface area contributed by atoms with E-state index in [1.54, 1.807) is 12.1 Å². The second-order valence-electron chi connectivity index (χ2n) is 6.83. The third kappa shape index (κ3) is 4.78. The Hall–Kier alpha value is -2.83. The molecule has 0 fully saturated rings. The highest BCUT2D eigenvalue weighted by molar-refractivity contribution is 7.92. The summed E-state index contributed by atoms with van der Waals surface area (Å²) in [6, 6.07) is 16.7. The molecule has 0 aliphatic carbocycles. The van der Waals surface area contributed by atoms with Crippen LogP contribution in [0.15, 0.2) is 65.6 Å². The van der Waals surface area contributed by atoms with E-state index in [4.69, 9.17) is 11.6 Å². The Balaban J connectivity index is 1.81. The zero-order valence-electron chi connectivity index (χ0n) is 16.3. The number of benzene rings is 3. The average molecular weight is 429 g/mol. The maximum Gasteiger partial charge on any atom is 0.261 e. The van der Waals surface area contributed by atoms with Crippen molar-refractivity contribution in [2.45, 2.75) is 25.7 Å². The van der Waals surface area contributed by atoms with Crippen LogP contribution in [0.25, 0.3) is 0 Å². The van der Waals surface area contributed by atoms with E-state index < -0.39 is 10.0 Å². The van der Waals surface area contributed by atoms with E-state index in [1.165, 1.54) is 30.3 Å². The van der Waals surface area contributed by atoms with Crippen LogP contribution in [0.3, 0.4) is 0 Å². The van der Waals surface area contributed by atoms with Crippen LogP contribution in [-0.2, 0) is 10.0 Å². The largest absolute Gasteiger partial charge is 0.322 e. The summed E-state index contributed by atoms with van der Waals surface area (Å²) in [5.41, 5.74) is 4.14. The molecule has 5 nitrogen and oxygen atoms in total. The fourth-order valence-electron chi connectivity index (χ4n) is 2.86. The fraction of sp³-hybridized carbons (Fsp3) is 0.136. The van der Waals surface area contributed by atoms with Gasteiger partial charge in [0.25, 0.3) is 15.9 Å². The van der Waals surface area contributed by atoms with Gasteiger partial charge in [-0.25, -0.2) is 8.42 Å². The van der Waals surface area contributed by atoms with Crippen LogP contribution in [0.2, 0.25) is 5.02 Å². The Labute approximate surface area is 175 Å². The summed E-state index contributed by atoms with van der Waals surface area (Å²) >= 11 is 6.25. The molecule has 0 radical (unpaired) electrons. The summed E-state index contributed by atoms with van der Waals surface area (Å²) in [7, 11) is -3.78. The van der Waals surface area contributed by atoms with Gasteiger partial charge in [-0.05, 0) is 62.2 Å². The molecular weight excluding hydrogens is 408 g/mol. The van der Waals surface area contributed by atoms with Gasteiger partial charge in [0, 0.05) is 11.3 Å². The monoisotopic (exact) mass is 428 g/mol. The third-order valence-electron chi connectivity index (χ3n) is 4.53. The Kier molecular flexibility index (Phi) is 5.96. The van der Waals surface area contributed by atoms with Gasteiger partial charge < -0.3 is 5.32 Å². The number of amides is 1. The van der Waals surface area contributed by atoms with Gasteiger partial charge in [-0.15, -0.1) is 0 Å². The molecule has 0 aromatic heterocycles. The summed E-state index contributed by atoms with van der Waals surface area (Å²) in [6.07, 6.45) is 0. The summed E-state index contributed by atoms with van der Waals surface area (Å²) in [4.78, 5) is 12.7. The zero-order valence-corrected chi connectivity index (χ0v) is 17.9. The number of sulfonamides is 1. The SMILES string of the molecule is Cc1ccc(S(=O)(=O)Nc2ccc(C(=O)Nc3c(C)cccc3C)cc2Cl)cc1. The molecule has 0 heterocycles. The van der Waals surface area contributed by atoms with E-state index in [2.05, 4.69) is 10.0 Å². The van der Waals surface area contributed by atoms with E-state index >= 15 is 0 Å². The highest BCUT2D eigenvalue weighted by Crippen LogP contribution is 2.27. The van der Waals surface area contributed by atoms with Gasteiger partial charge in [-0.3, -0.25) is 9.52 Å². The molecule has 0 saturated heterocycles. The van der Waals surface area contributed by atoms with Crippen molar-refractivity contribution in [3.8, 4) is 0 Å². The van der Waals surface area contributed by atoms with E-state index in [-0.39, 0.29) is 21.5 Å². The molecule has 3 rings (SSSR count). The number of anilines is 2. The van der Waals surface area contributed by atoms with Crippen LogP contribution in [-0.4, -0.2) is 14.3 Å². The molecule has 3 aromatic carbocycles. The first-order valence-corrected chi connectivity index (χ1v) is 10.8. The van der Waals surface area contributed by atoms with Gasteiger partial charge in [0.05, 0.1) is 15.6 Å². The van der Waals surface area contributed by atoms with Gasteiger partial charge in [0.15, 0.2) is 0 Å². The van der Waals surface area contributed by atoms with Gasteiger partial charge in [0.1, 0.15) is 0 Å². The van der Waals surface area contributed by atoms with Crippen molar-refractivity contribution in [3.05, 3.63) is 87.9 Å². The van der Waals surface area contributed by atoms with Crippen molar-refractivity contribution in [1.29, 1.82) is 0 Å². The molecule has 0 saturated carbocycles. The lowest BCUT2D eigenvalue weighted by molar-refractivity contribution is 0.102. The Morgan fingerprint density at radius 3 is 2.10 bits per heavy atom. The van der Waals surface area contributed by atoms with Crippen LogP contribution in [0.4, 0.5) is 11.4 Å². The molecule has 0 aliphatic rings. The van der Waals surface area contributed by atoms with E-state index in [0.717, 1.165) is 22.4 Å². The Morgan fingerprint density at radius 2 is 1.52 bits per heavy atom. The molecule has 0 unspecified atom stereocenters. The van der Waals surface area contributed by atoms with Crippen molar-refractivity contribution in [1.82, 2.24) is 0 Å². The highest BCUT2D eigenvalue weighted by Gasteiger charge is 2.17. The maximum absolute atomic E-state index is 12.6. The number of aryl methyl sites for hydroxylation is 3. The quantitative estimate of drug-likeness (QED) is 0.577.